The van der Waals surface area contributed by atoms with Crippen molar-refractivity contribution >= 4 is 23.3 Å². The highest BCUT2D eigenvalue weighted by Crippen LogP contribution is 2.31. The minimum Gasteiger partial charge on any atom is -0.299 e. The Labute approximate surface area is 151 Å². The number of rotatable bonds is 8. The number of thioether (sulfide) groups is 1. The molecule has 0 radical (unpaired) electrons. The average molecular weight is 356 g/mol. The van der Waals surface area contributed by atoms with Crippen LogP contribution >= 0.6 is 11.8 Å². The Morgan fingerprint density at radius 1 is 1.08 bits per heavy atom. The maximum atomic E-state index is 13.8. The molecule has 25 heavy (non-hydrogen) atoms. The first-order chi connectivity index (χ1) is 12.1. The molecule has 0 aromatic heterocycles. The number of hydrogen-bond donors (Lipinski definition) is 0. The van der Waals surface area contributed by atoms with E-state index in [2.05, 4.69) is 6.07 Å². The molecule has 2 aromatic rings. The summed E-state index contributed by atoms with van der Waals surface area (Å²) in [6.07, 6.45) is 4.25. The molecule has 0 heterocycles. The van der Waals surface area contributed by atoms with E-state index in [1.165, 1.54) is 23.8 Å². The average Bonchev–Trinajstić information content (AvgIpc) is 3.42. The minimum atomic E-state index is -0.359. The van der Waals surface area contributed by atoms with Crippen LogP contribution in [-0.4, -0.2) is 17.8 Å². The highest BCUT2D eigenvalue weighted by molar-refractivity contribution is 7.97. The summed E-state index contributed by atoms with van der Waals surface area (Å²) in [7, 11) is 0. The first-order valence-corrected chi connectivity index (χ1v) is 9.88. The van der Waals surface area contributed by atoms with E-state index >= 15 is 0 Å². The fourth-order valence-electron chi connectivity index (χ4n) is 3.02. The van der Waals surface area contributed by atoms with E-state index in [0.717, 1.165) is 24.2 Å². The second-order valence-corrected chi connectivity index (χ2v) is 7.39. The van der Waals surface area contributed by atoms with Crippen molar-refractivity contribution in [2.75, 3.05) is 6.26 Å². The first-order valence-electron chi connectivity index (χ1n) is 8.48. The van der Waals surface area contributed by atoms with Crippen molar-refractivity contribution in [2.45, 2.75) is 31.4 Å². The van der Waals surface area contributed by atoms with Gasteiger partial charge in [0.2, 0.25) is 0 Å². The van der Waals surface area contributed by atoms with Crippen LogP contribution in [0.3, 0.4) is 0 Å². The van der Waals surface area contributed by atoms with Gasteiger partial charge in [0.15, 0.2) is 5.78 Å². The smallest absolute Gasteiger partial charge is 0.170 e. The zero-order chi connectivity index (χ0) is 17.8. The van der Waals surface area contributed by atoms with Gasteiger partial charge in [0, 0.05) is 17.2 Å². The van der Waals surface area contributed by atoms with Gasteiger partial charge in [0.05, 0.1) is 6.42 Å². The Hall–Kier alpha value is -1.94. The van der Waals surface area contributed by atoms with Crippen molar-refractivity contribution < 1.29 is 14.0 Å². The summed E-state index contributed by atoms with van der Waals surface area (Å²) in [4.78, 5) is 24.5. The summed E-state index contributed by atoms with van der Waals surface area (Å²) in [6, 6.07) is 12.3. The van der Waals surface area contributed by atoms with E-state index in [0.29, 0.717) is 17.5 Å². The maximum absolute atomic E-state index is 13.8. The summed E-state index contributed by atoms with van der Waals surface area (Å²) in [6.45, 7) is 0. The molecule has 1 aliphatic carbocycles. The van der Waals surface area contributed by atoms with Gasteiger partial charge in [-0.25, -0.2) is 4.39 Å². The number of ketones is 2. The van der Waals surface area contributed by atoms with E-state index in [-0.39, 0.29) is 29.7 Å². The van der Waals surface area contributed by atoms with Gasteiger partial charge in [-0.15, -0.1) is 0 Å². The number of carbonyl (C=O) groups excluding carboxylic acids is 2. The van der Waals surface area contributed by atoms with Crippen LogP contribution in [0.15, 0.2) is 42.5 Å². The largest absolute Gasteiger partial charge is 0.299 e. The quantitative estimate of drug-likeness (QED) is 0.502. The summed E-state index contributed by atoms with van der Waals surface area (Å²) >= 11 is 1.73. The molecule has 0 N–H and O–H groups in total. The minimum absolute atomic E-state index is 0.0167. The summed E-state index contributed by atoms with van der Waals surface area (Å²) in [5, 5.41) is 0. The van der Waals surface area contributed by atoms with E-state index in [1.54, 1.807) is 11.8 Å². The van der Waals surface area contributed by atoms with Gasteiger partial charge in [0.25, 0.3) is 0 Å². The van der Waals surface area contributed by atoms with Gasteiger partial charge in [-0.1, -0.05) is 24.3 Å². The van der Waals surface area contributed by atoms with Crippen LogP contribution in [0.1, 0.15) is 46.3 Å². The molecule has 4 heteroatoms. The number of hydrogen-bond acceptors (Lipinski definition) is 3. The number of halogens is 1. The molecule has 0 aliphatic heterocycles. The van der Waals surface area contributed by atoms with Gasteiger partial charge in [0.1, 0.15) is 11.6 Å². The SMILES string of the molecule is CSCc1ccccc1Cc1cc(F)ccc1C(=O)CC(=O)C1CC1. The van der Waals surface area contributed by atoms with Crippen LogP contribution in [0, 0.1) is 11.7 Å². The molecule has 0 saturated heterocycles. The van der Waals surface area contributed by atoms with Crippen molar-refractivity contribution in [1.82, 2.24) is 0 Å². The van der Waals surface area contributed by atoms with Gasteiger partial charge in [-0.05, 0) is 60.4 Å². The standard InChI is InChI=1S/C21H21FO2S/c1-25-13-16-5-3-2-4-15(16)10-17-11-18(22)8-9-19(17)21(24)12-20(23)14-6-7-14/h2-5,8-9,11,14H,6-7,10,12-13H2,1H3. The summed E-state index contributed by atoms with van der Waals surface area (Å²) in [5.74, 6) is 0.393. The zero-order valence-corrected chi connectivity index (χ0v) is 15.1. The predicted molar refractivity (Wildman–Crippen MR) is 99.5 cm³/mol. The Morgan fingerprint density at radius 3 is 2.48 bits per heavy atom. The number of carbonyl (C=O) groups is 2. The fraction of sp³-hybridized carbons (Fsp3) is 0.333. The van der Waals surface area contributed by atoms with Crippen LogP contribution in [0.2, 0.25) is 0 Å². The molecule has 0 amide bonds. The Balaban J connectivity index is 1.86. The Morgan fingerprint density at radius 2 is 1.80 bits per heavy atom. The normalized spacial score (nSPS) is 13.7. The first kappa shape index (κ1) is 17.9. The monoisotopic (exact) mass is 356 g/mol. The third kappa shape index (κ3) is 4.57. The lowest BCUT2D eigenvalue weighted by atomic mass is 9.93. The predicted octanol–water partition coefficient (Wildman–Crippen LogP) is 4.83. The molecule has 0 spiro atoms. The molecule has 1 fully saturated rings. The Kier molecular flexibility index (Phi) is 5.69. The molecule has 0 unspecified atom stereocenters. The molecule has 2 nitrogen and oxygen atoms in total. The molecule has 1 saturated carbocycles. The lowest BCUT2D eigenvalue weighted by Gasteiger charge is -2.12. The molecule has 2 aromatic carbocycles. The van der Waals surface area contributed by atoms with E-state index in [4.69, 9.17) is 0 Å². The van der Waals surface area contributed by atoms with Crippen LogP contribution in [-0.2, 0) is 17.0 Å². The van der Waals surface area contributed by atoms with Crippen molar-refractivity contribution in [3.8, 4) is 0 Å². The summed E-state index contributed by atoms with van der Waals surface area (Å²) in [5.41, 5.74) is 3.40. The van der Waals surface area contributed by atoms with Crippen LogP contribution in [0.5, 0.6) is 0 Å². The molecule has 0 atom stereocenters. The fourth-order valence-corrected chi connectivity index (χ4v) is 3.61. The third-order valence-corrected chi connectivity index (χ3v) is 5.13. The van der Waals surface area contributed by atoms with E-state index in [9.17, 15) is 14.0 Å². The molecule has 1 aliphatic rings. The topological polar surface area (TPSA) is 34.1 Å². The van der Waals surface area contributed by atoms with E-state index < -0.39 is 0 Å². The second-order valence-electron chi connectivity index (χ2n) is 6.52. The van der Waals surface area contributed by atoms with Crippen molar-refractivity contribution in [1.29, 1.82) is 0 Å². The second kappa shape index (κ2) is 7.96. The van der Waals surface area contributed by atoms with Crippen LogP contribution in [0.4, 0.5) is 4.39 Å². The number of Topliss-reactive ketones (excluding diaryl/α,β-unsaturated/α-hetero) is 2. The maximum Gasteiger partial charge on any atom is 0.170 e. The zero-order valence-electron chi connectivity index (χ0n) is 14.3. The van der Waals surface area contributed by atoms with Crippen molar-refractivity contribution in [2.24, 2.45) is 5.92 Å². The lowest BCUT2D eigenvalue weighted by molar-refractivity contribution is -0.119. The Bertz CT molecular complexity index is 796. The number of benzene rings is 2. The molecular weight excluding hydrogens is 335 g/mol. The molecule has 130 valence electrons. The van der Waals surface area contributed by atoms with Gasteiger partial charge >= 0.3 is 0 Å². The van der Waals surface area contributed by atoms with Gasteiger partial charge < -0.3 is 0 Å². The van der Waals surface area contributed by atoms with Crippen molar-refractivity contribution in [3.05, 3.63) is 70.5 Å². The molecule has 0 bridgehead atoms. The highest BCUT2D eigenvalue weighted by atomic mass is 32.2. The van der Waals surface area contributed by atoms with Gasteiger partial charge in [-0.2, -0.15) is 11.8 Å². The van der Waals surface area contributed by atoms with Crippen LogP contribution < -0.4 is 0 Å². The highest BCUT2D eigenvalue weighted by Gasteiger charge is 2.31. The lowest BCUT2D eigenvalue weighted by Crippen LogP contribution is -2.12. The third-order valence-electron chi connectivity index (χ3n) is 4.53. The molecule has 3 rings (SSSR count). The summed E-state index contributed by atoms with van der Waals surface area (Å²) < 4.78 is 13.8. The van der Waals surface area contributed by atoms with Gasteiger partial charge in [-0.3, -0.25) is 9.59 Å². The van der Waals surface area contributed by atoms with Crippen molar-refractivity contribution in [3.63, 3.8) is 0 Å². The van der Waals surface area contributed by atoms with E-state index in [1.807, 2.05) is 24.5 Å². The molecular formula is C21H21FO2S. The van der Waals surface area contributed by atoms with Crippen LogP contribution in [0.25, 0.3) is 0 Å².